The maximum atomic E-state index is 13.0. The molecule has 0 heterocycles. The molecule has 0 fully saturated rings. The molecule has 0 bridgehead atoms. The highest BCUT2D eigenvalue weighted by molar-refractivity contribution is 7.47. The van der Waals surface area contributed by atoms with Crippen LogP contribution in [0.5, 0.6) is 0 Å². The minimum absolute atomic E-state index is 0.0587. The summed E-state index contributed by atoms with van der Waals surface area (Å²) in [4.78, 5) is 23.3. The van der Waals surface area contributed by atoms with Crippen molar-refractivity contribution in [2.75, 3.05) is 40.9 Å². The van der Waals surface area contributed by atoms with Gasteiger partial charge >= 0.3 is 7.82 Å². The highest BCUT2D eigenvalue weighted by atomic mass is 31.2. The van der Waals surface area contributed by atoms with Crippen molar-refractivity contribution in [1.82, 2.24) is 5.32 Å². The molecule has 3 unspecified atom stereocenters. The van der Waals surface area contributed by atoms with E-state index < -0.39 is 20.0 Å². The number of amides is 1. The first-order valence-electron chi connectivity index (χ1n) is 33.2. The maximum absolute atomic E-state index is 13.0. The van der Waals surface area contributed by atoms with Crippen molar-refractivity contribution in [3.8, 4) is 0 Å². The zero-order chi connectivity index (χ0) is 54.9. The first kappa shape index (κ1) is 74.0. The number of phosphoric acid groups is 1. The molecule has 9 heteroatoms. The van der Waals surface area contributed by atoms with E-state index >= 15 is 0 Å². The highest BCUT2D eigenvalue weighted by Gasteiger charge is 2.28. The molecule has 8 nitrogen and oxygen atoms in total. The number of aliphatic hydroxyl groups excluding tert-OH is 1. The third-order valence-electron chi connectivity index (χ3n) is 15.4. The van der Waals surface area contributed by atoms with Crippen LogP contribution in [0.1, 0.15) is 341 Å². The molecule has 0 rings (SSSR count). The Kier molecular flexibility index (Phi) is 56.9. The van der Waals surface area contributed by atoms with E-state index in [0.29, 0.717) is 17.4 Å². The summed E-state index contributed by atoms with van der Waals surface area (Å²) in [6.07, 6.45) is 74.8. The number of aliphatic hydroxyl groups is 1. The lowest BCUT2D eigenvalue weighted by Gasteiger charge is -2.25. The molecule has 0 saturated heterocycles. The molecule has 3 N–H and O–H groups in total. The number of carbonyl (C=O) groups excluding carboxylic acids is 1. The van der Waals surface area contributed by atoms with E-state index in [2.05, 4.69) is 31.3 Å². The van der Waals surface area contributed by atoms with Crippen molar-refractivity contribution in [3.05, 3.63) is 24.3 Å². The van der Waals surface area contributed by atoms with Crippen LogP contribution in [0, 0.1) is 0 Å². The zero-order valence-corrected chi connectivity index (χ0v) is 52.0. The molecule has 75 heavy (non-hydrogen) atoms. The SMILES string of the molecule is CCCCCCCCCCC/C=C/CC/C=C/C(O)C(COP(=O)(O)OCC[N+](C)(C)C)NC(=O)CCCCCCCCCCCCCCCCCCCCCCCCCCCCCCCCCCCCCCCC. The fourth-order valence-electron chi connectivity index (χ4n) is 10.2. The number of unbranched alkanes of at least 4 members (excludes halogenated alkanes) is 47. The van der Waals surface area contributed by atoms with Crippen molar-refractivity contribution in [3.63, 3.8) is 0 Å². The van der Waals surface area contributed by atoms with E-state index in [9.17, 15) is 19.4 Å². The molecule has 0 aromatic rings. The summed E-state index contributed by atoms with van der Waals surface area (Å²) in [6, 6.07) is -0.860. The number of hydrogen-bond acceptors (Lipinski definition) is 5. The summed E-state index contributed by atoms with van der Waals surface area (Å²) >= 11 is 0. The van der Waals surface area contributed by atoms with E-state index in [1.165, 1.54) is 283 Å². The second-order valence-corrected chi connectivity index (χ2v) is 25.7. The van der Waals surface area contributed by atoms with Gasteiger partial charge in [0.05, 0.1) is 39.9 Å². The van der Waals surface area contributed by atoms with E-state index in [-0.39, 0.29) is 19.1 Å². The van der Waals surface area contributed by atoms with E-state index in [1.54, 1.807) is 6.08 Å². The number of nitrogens with zero attached hydrogens (tertiary/aromatic N) is 1. The Balaban J connectivity index is 3.89. The summed E-state index contributed by atoms with van der Waals surface area (Å²) in [5, 5.41) is 13.9. The van der Waals surface area contributed by atoms with E-state index in [1.807, 2.05) is 27.2 Å². The summed E-state index contributed by atoms with van der Waals surface area (Å²) < 4.78 is 23.7. The van der Waals surface area contributed by atoms with Gasteiger partial charge in [-0.1, -0.05) is 327 Å². The predicted molar refractivity (Wildman–Crippen MR) is 328 cm³/mol. The summed E-state index contributed by atoms with van der Waals surface area (Å²) in [5.74, 6) is -0.180. The molecule has 0 aromatic carbocycles. The fraction of sp³-hybridized carbons (Fsp3) is 0.924. The van der Waals surface area contributed by atoms with Gasteiger partial charge in [-0.25, -0.2) is 4.57 Å². The number of carbonyl (C=O) groups is 1. The number of allylic oxidation sites excluding steroid dienone is 3. The second kappa shape index (κ2) is 57.7. The summed E-state index contributed by atoms with van der Waals surface area (Å²) in [5.41, 5.74) is 0. The van der Waals surface area contributed by atoms with Gasteiger partial charge in [0.2, 0.25) is 5.91 Å². The fourth-order valence-corrected chi connectivity index (χ4v) is 11.0. The predicted octanol–water partition coefficient (Wildman–Crippen LogP) is 20.7. The number of nitrogens with one attached hydrogen (secondary N) is 1. The molecule has 0 aliphatic heterocycles. The Bertz CT molecular complexity index is 1270. The first-order chi connectivity index (χ1) is 36.5. The molecule has 3 atom stereocenters. The van der Waals surface area contributed by atoms with Gasteiger partial charge in [-0.15, -0.1) is 0 Å². The minimum Gasteiger partial charge on any atom is -0.387 e. The molecule has 446 valence electrons. The summed E-state index contributed by atoms with van der Waals surface area (Å²) in [7, 11) is 1.57. The van der Waals surface area contributed by atoms with Crippen molar-refractivity contribution in [1.29, 1.82) is 0 Å². The van der Waals surface area contributed by atoms with E-state index in [0.717, 1.165) is 38.5 Å². The topological polar surface area (TPSA) is 105 Å². The lowest BCUT2D eigenvalue weighted by molar-refractivity contribution is -0.870. The quantitative estimate of drug-likeness (QED) is 0.0243. The van der Waals surface area contributed by atoms with Gasteiger partial charge in [0, 0.05) is 6.42 Å². The van der Waals surface area contributed by atoms with Crippen LogP contribution in [-0.2, 0) is 18.4 Å². The van der Waals surface area contributed by atoms with Crippen molar-refractivity contribution < 1.29 is 32.9 Å². The standard InChI is InChI=1S/C66H131N2O6P/c1-6-8-10-12-14-16-18-20-22-23-24-25-26-27-28-29-30-31-32-33-34-35-36-37-38-39-40-41-42-43-44-46-48-50-52-54-56-58-60-66(70)67-64(63-74-75(71,72)73-62-61-68(3,4)5)65(69)59-57-55-53-51-49-47-45-21-19-17-15-13-11-9-7-2/h49,51,57,59,64-65,69H,6-48,50,52-56,58,60-63H2,1-5H3,(H-,67,70,71,72)/p+1/b51-49+,59-57+. The van der Waals surface area contributed by atoms with Crippen LogP contribution in [0.15, 0.2) is 24.3 Å². The molecule has 0 aliphatic rings. The number of quaternary nitrogens is 1. The van der Waals surface area contributed by atoms with Gasteiger partial charge in [-0.2, -0.15) is 0 Å². The Morgan fingerprint density at radius 3 is 1.07 bits per heavy atom. The third kappa shape index (κ3) is 60.5. The maximum Gasteiger partial charge on any atom is 0.472 e. The van der Waals surface area contributed by atoms with Crippen LogP contribution in [0.25, 0.3) is 0 Å². The van der Waals surface area contributed by atoms with Gasteiger partial charge in [0.25, 0.3) is 0 Å². The molecule has 0 aliphatic carbocycles. The molecule has 0 saturated carbocycles. The van der Waals surface area contributed by atoms with Gasteiger partial charge in [0.15, 0.2) is 0 Å². The number of phosphoric ester groups is 1. The van der Waals surface area contributed by atoms with Crippen LogP contribution >= 0.6 is 7.82 Å². The molecule has 1 amide bonds. The third-order valence-corrected chi connectivity index (χ3v) is 16.4. The molecular weight excluding hydrogens is 948 g/mol. The van der Waals surface area contributed by atoms with Gasteiger partial charge in [-0.3, -0.25) is 13.8 Å². The lowest BCUT2D eigenvalue weighted by Crippen LogP contribution is -2.45. The molecule has 0 aromatic heterocycles. The van der Waals surface area contributed by atoms with Crippen molar-refractivity contribution in [2.24, 2.45) is 0 Å². The van der Waals surface area contributed by atoms with Gasteiger partial charge in [-0.05, 0) is 32.1 Å². The smallest absolute Gasteiger partial charge is 0.387 e. The average Bonchev–Trinajstić information content (AvgIpc) is 3.37. The van der Waals surface area contributed by atoms with Crippen LogP contribution in [-0.4, -0.2) is 73.4 Å². The first-order valence-corrected chi connectivity index (χ1v) is 34.7. The van der Waals surface area contributed by atoms with Crippen molar-refractivity contribution in [2.45, 2.75) is 353 Å². The van der Waals surface area contributed by atoms with Crippen LogP contribution in [0.2, 0.25) is 0 Å². The average molecular weight is 1080 g/mol. The zero-order valence-electron chi connectivity index (χ0n) is 51.1. The number of hydrogen-bond donors (Lipinski definition) is 3. The largest absolute Gasteiger partial charge is 0.472 e. The summed E-state index contributed by atoms with van der Waals surface area (Å²) in [6.45, 7) is 4.84. The van der Waals surface area contributed by atoms with Crippen molar-refractivity contribution >= 4 is 13.7 Å². The van der Waals surface area contributed by atoms with Crippen LogP contribution in [0.4, 0.5) is 0 Å². The monoisotopic (exact) mass is 1080 g/mol. The Morgan fingerprint density at radius 2 is 0.733 bits per heavy atom. The Morgan fingerprint density at radius 1 is 0.440 bits per heavy atom. The van der Waals surface area contributed by atoms with Crippen LogP contribution < -0.4 is 5.32 Å². The highest BCUT2D eigenvalue weighted by Crippen LogP contribution is 2.43. The molecular formula is C66H132N2O6P+. The van der Waals surface area contributed by atoms with Gasteiger partial charge < -0.3 is 19.8 Å². The second-order valence-electron chi connectivity index (χ2n) is 24.2. The molecule has 0 radical (unpaired) electrons. The lowest BCUT2D eigenvalue weighted by atomic mass is 10.0. The van der Waals surface area contributed by atoms with Gasteiger partial charge in [0.1, 0.15) is 13.2 Å². The number of likely N-dealkylation sites (N-methyl/N-ethyl adjacent to an activating group) is 1. The van der Waals surface area contributed by atoms with Crippen LogP contribution in [0.3, 0.4) is 0 Å². The Labute approximate surface area is 468 Å². The normalized spacial score (nSPS) is 13.9. The Hall–Kier alpha value is -1.02. The minimum atomic E-state index is -4.35. The number of rotatable bonds is 62. The molecule has 0 spiro atoms. The van der Waals surface area contributed by atoms with E-state index in [4.69, 9.17) is 9.05 Å².